The smallest absolute Gasteiger partial charge is 0.314 e. The average Bonchev–Trinajstić information content (AvgIpc) is 3.00. The number of hydrogen-bond acceptors (Lipinski definition) is 4. The van der Waals surface area contributed by atoms with Crippen LogP contribution in [0.5, 0.6) is 5.75 Å². The summed E-state index contributed by atoms with van der Waals surface area (Å²) in [5, 5.41) is 0. The van der Waals surface area contributed by atoms with Crippen molar-refractivity contribution in [2.24, 2.45) is 17.8 Å². The molecule has 20 heavy (non-hydrogen) atoms. The molecule has 2 bridgehead atoms. The Morgan fingerprint density at radius 2 is 1.85 bits per heavy atom. The lowest BCUT2D eigenvalue weighted by molar-refractivity contribution is -0.140. The fraction of sp³-hybridized carbons (Fsp3) is 0.500. The number of rotatable bonds is 3. The highest BCUT2D eigenvalue weighted by molar-refractivity contribution is 7.85. The van der Waals surface area contributed by atoms with Crippen LogP contribution in [0.2, 0.25) is 0 Å². The third-order valence-corrected chi connectivity index (χ3v) is 5.25. The van der Waals surface area contributed by atoms with Gasteiger partial charge in [0.25, 0.3) is 10.1 Å². The highest BCUT2D eigenvalue weighted by Gasteiger charge is 2.44. The van der Waals surface area contributed by atoms with Crippen molar-refractivity contribution in [1.29, 1.82) is 0 Å². The standard InChI is InChI=1S/C14H16O5S/c15-14(13-8-9-1-2-10(13)7-9)19-11-3-5-12(6-4-11)20(16,17)18/h3-6,9-10,13H,1-2,7-8H2,(H,16,17,18). The fourth-order valence-electron chi connectivity index (χ4n) is 3.40. The highest BCUT2D eigenvalue weighted by Crippen LogP contribution is 2.48. The molecule has 0 aromatic heterocycles. The summed E-state index contributed by atoms with van der Waals surface area (Å²) in [6, 6.07) is 5.21. The Hall–Kier alpha value is -1.40. The number of benzene rings is 1. The van der Waals surface area contributed by atoms with Crippen LogP contribution in [0, 0.1) is 17.8 Å². The maximum Gasteiger partial charge on any atom is 0.314 e. The summed E-state index contributed by atoms with van der Waals surface area (Å²) in [5.74, 6) is 1.18. The second-order valence-electron chi connectivity index (χ2n) is 5.65. The van der Waals surface area contributed by atoms with Crippen molar-refractivity contribution in [2.45, 2.75) is 30.6 Å². The van der Waals surface area contributed by atoms with Crippen LogP contribution < -0.4 is 4.74 Å². The monoisotopic (exact) mass is 296 g/mol. The zero-order chi connectivity index (χ0) is 14.3. The van der Waals surface area contributed by atoms with Gasteiger partial charge >= 0.3 is 5.97 Å². The van der Waals surface area contributed by atoms with E-state index in [-0.39, 0.29) is 16.8 Å². The van der Waals surface area contributed by atoms with Crippen molar-refractivity contribution < 1.29 is 22.5 Å². The number of carbonyl (C=O) groups excluding carboxylic acids is 1. The van der Waals surface area contributed by atoms with E-state index in [1.54, 1.807) is 0 Å². The largest absolute Gasteiger partial charge is 0.426 e. The molecule has 1 N–H and O–H groups in total. The minimum Gasteiger partial charge on any atom is -0.426 e. The molecule has 0 aliphatic heterocycles. The van der Waals surface area contributed by atoms with E-state index in [1.165, 1.54) is 30.7 Å². The highest BCUT2D eigenvalue weighted by atomic mass is 32.2. The van der Waals surface area contributed by atoms with E-state index < -0.39 is 10.1 Å². The minimum atomic E-state index is -4.21. The summed E-state index contributed by atoms with van der Waals surface area (Å²) in [4.78, 5) is 11.9. The number of esters is 1. The molecule has 1 aromatic carbocycles. The summed E-state index contributed by atoms with van der Waals surface area (Å²) < 4.78 is 36.0. The lowest BCUT2D eigenvalue weighted by atomic mass is 9.89. The number of ether oxygens (including phenoxy) is 1. The molecule has 1 aromatic rings. The molecule has 2 aliphatic carbocycles. The van der Waals surface area contributed by atoms with Crippen molar-refractivity contribution >= 4 is 16.1 Å². The lowest BCUT2D eigenvalue weighted by Gasteiger charge is -2.19. The van der Waals surface area contributed by atoms with Crippen molar-refractivity contribution in [3.05, 3.63) is 24.3 Å². The van der Waals surface area contributed by atoms with Gasteiger partial charge < -0.3 is 4.74 Å². The molecule has 0 saturated heterocycles. The van der Waals surface area contributed by atoms with Crippen LogP contribution in [0.3, 0.4) is 0 Å². The van der Waals surface area contributed by atoms with Gasteiger partial charge in [0, 0.05) is 0 Å². The third-order valence-electron chi connectivity index (χ3n) is 4.38. The van der Waals surface area contributed by atoms with Gasteiger partial charge in [0.15, 0.2) is 0 Å². The van der Waals surface area contributed by atoms with E-state index in [2.05, 4.69) is 0 Å². The molecule has 6 heteroatoms. The predicted molar refractivity (Wildman–Crippen MR) is 70.8 cm³/mol. The van der Waals surface area contributed by atoms with Gasteiger partial charge in [-0.25, -0.2) is 0 Å². The molecule has 2 aliphatic rings. The first-order chi connectivity index (χ1) is 9.43. The van der Waals surface area contributed by atoms with Crippen LogP contribution in [0.4, 0.5) is 0 Å². The molecule has 0 spiro atoms. The van der Waals surface area contributed by atoms with Gasteiger partial charge in [-0.1, -0.05) is 6.42 Å². The Balaban J connectivity index is 1.67. The first kappa shape index (κ1) is 13.6. The summed E-state index contributed by atoms with van der Waals surface area (Å²) in [7, 11) is -4.21. The molecular formula is C14H16O5S. The van der Waals surface area contributed by atoms with Crippen LogP contribution in [0.15, 0.2) is 29.2 Å². The van der Waals surface area contributed by atoms with Gasteiger partial charge in [-0.15, -0.1) is 0 Å². The Kier molecular flexibility index (Phi) is 3.30. The third kappa shape index (κ3) is 2.58. The topological polar surface area (TPSA) is 80.7 Å². The zero-order valence-electron chi connectivity index (χ0n) is 10.9. The first-order valence-electron chi connectivity index (χ1n) is 6.73. The van der Waals surface area contributed by atoms with E-state index in [9.17, 15) is 13.2 Å². The molecule has 0 heterocycles. The Bertz CT molecular complexity index is 619. The molecule has 0 amide bonds. The molecule has 3 rings (SSSR count). The summed E-state index contributed by atoms with van der Waals surface area (Å²) in [6.45, 7) is 0. The van der Waals surface area contributed by atoms with E-state index in [0.29, 0.717) is 17.6 Å². The molecule has 3 atom stereocenters. The van der Waals surface area contributed by atoms with Crippen LogP contribution >= 0.6 is 0 Å². The molecule has 0 radical (unpaired) electrons. The summed E-state index contributed by atoms with van der Waals surface area (Å²) in [5.41, 5.74) is 0. The number of carbonyl (C=O) groups is 1. The zero-order valence-corrected chi connectivity index (χ0v) is 11.7. The van der Waals surface area contributed by atoms with Crippen molar-refractivity contribution in [3.8, 4) is 5.75 Å². The van der Waals surface area contributed by atoms with Crippen molar-refractivity contribution in [2.75, 3.05) is 0 Å². The van der Waals surface area contributed by atoms with Crippen molar-refractivity contribution in [3.63, 3.8) is 0 Å². The van der Waals surface area contributed by atoms with Gasteiger partial charge in [-0.05, 0) is 55.4 Å². The van der Waals surface area contributed by atoms with Gasteiger partial charge in [-0.3, -0.25) is 9.35 Å². The van der Waals surface area contributed by atoms with Gasteiger partial charge in [-0.2, -0.15) is 8.42 Å². The molecule has 3 unspecified atom stereocenters. The molecule has 2 saturated carbocycles. The lowest BCUT2D eigenvalue weighted by Crippen LogP contribution is -2.25. The second kappa shape index (κ2) is 4.86. The maximum atomic E-state index is 12.1. The first-order valence-corrected chi connectivity index (χ1v) is 8.17. The van der Waals surface area contributed by atoms with Crippen LogP contribution in [0.1, 0.15) is 25.7 Å². The predicted octanol–water partition coefficient (Wildman–Crippen LogP) is 2.27. The Labute approximate surface area is 117 Å². The van der Waals surface area contributed by atoms with Gasteiger partial charge in [0.05, 0.1) is 10.8 Å². The summed E-state index contributed by atoms with van der Waals surface area (Å²) >= 11 is 0. The molecule has 5 nitrogen and oxygen atoms in total. The maximum absolute atomic E-state index is 12.1. The van der Waals surface area contributed by atoms with E-state index in [0.717, 1.165) is 19.3 Å². The van der Waals surface area contributed by atoms with E-state index in [1.807, 2.05) is 0 Å². The van der Waals surface area contributed by atoms with Gasteiger partial charge in [0.2, 0.25) is 0 Å². The molecule has 2 fully saturated rings. The normalized spacial score (nSPS) is 28.6. The SMILES string of the molecule is O=C(Oc1ccc(S(=O)(=O)O)cc1)C1CC2CCC1C2. The molecular weight excluding hydrogens is 280 g/mol. The van der Waals surface area contributed by atoms with E-state index in [4.69, 9.17) is 9.29 Å². The Morgan fingerprint density at radius 1 is 1.15 bits per heavy atom. The van der Waals surface area contributed by atoms with Crippen LogP contribution in [-0.2, 0) is 14.9 Å². The van der Waals surface area contributed by atoms with Crippen LogP contribution in [0.25, 0.3) is 0 Å². The summed E-state index contributed by atoms with van der Waals surface area (Å²) in [6.07, 6.45) is 4.36. The van der Waals surface area contributed by atoms with Crippen molar-refractivity contribution in [1.82, 2.24) is 0 Å². The van der Waals surface area contributed by atoms with E-state index >= 15 is 0 Å². The Morgan fingerprint density at radius 3 is 2.35 bits per heavy atom. The fourth-order valence-corrected chi connectivity index (χ4v) is 3.88. The second-order valence-corrected chi connectivity index (χ2v) is 7.07. The number of hydrogen-bond donors (Lipinski definition) is 1. The van der Waals surface area contributed by atoms with Gasteiger partial charge in [0.1, 0.15) is 5.75 Å². The van der Waals surface area contributed by atoms with Crippen LogP contribution in [-0.4, -0.2) is 18.9 Å². The molecule has 108 valence electrons. The number of fused-ring (bicyclic) bond motifs is 2. The quantitative estimate of drug-likeness (QED) is 0.526. The minimum absolute atomic E-state index is 0.0185. The average molecular weight is 296 g/mol.